The summed E-state index contributed by atoms with van der Waals surface area (Å²) in [7, 11) is 0. The first-order valence-corrected chi connectivity index (χ1v) is 6.35. The maximum Gasteiger partial charge on any atom is 0.164 e. The summed E-state index contributed by atoms with van der Waals surface area (Å²) in [5, 5.41) is 0. The third-order valence-electron chi connectivity index (χ3n) is 3.73. The molecule has 4 heteroatoms. The minimum Gasteiger partial charge on any atom is -0.371 e. The van der Waals surface area contributed by atoms with Crippen LogP contribution in [0.3, 0.4) is 0 Å². The van der Waals surface area contributed by atoms with Crippen LogP contribution in [0.25, 0.3) is 0 Å². The van der Waals surface area contributed by atoms with Gasteiger partial charge in [0.25, 0.3) is 0 Å². The normalized spacial score (nSPS) is 26.4. The van der Waals surface area contributed by atoms with Crippen LogP contribution in [-0.4, -0.2) is 31.1 Å². The predicted molar refractivity (Wildman–Crippen MR) is 66.5 cm³/mol. The lowest BCUT2D eigenvalue weighted by Crippen LogP contribution is -2.43. The molecule has 0 saturated carbocycles. The number of hydrogen-bond acceptors (Lipinski definition) is 3. The highest BCUT2D eigenvalue weighted by molar-refractivity contribution is 6.00. The number of benzene rings is 1. The van der Waals surface area contributed by atoms with Gasteiger partial charge in [0.15, 0.2) is 5.78 Å². The first-order valence-electron chi connectivity index (χ1n) is 6.35. The monoisotopic (exact) mass is 249 g/mol. The van der Waals surface area contributed by atoms with E-state index in [1.165, 1.54) is 13.0 Å². The summed E-state index contributed by atoms with van der Waals surface area (Å²) in [6.07, 6.45) is 2.58. The molecule has 2 saturated heterocycles. The van der Waals surface area contributed by atoms with E-state index < -0.39 is 5.82 Å². The number of ether oxygens (including phenoxy) is 1. The highest BCUT2D eigenvalue weighted by Crippen LogP contribution is 2.32. The van der Waals surface area contributed by atoms with E-state index >= 15 is 0 Å². The van der Waals surface area contributed by atoms with Gasteiger partial charge in [0, 0.05) is 13.1 Å². The molecule has 2 heterocycles. The Kier molecular flexibility index (Phi) is 2.82. The van der Waals surface area contributed by atoms with Crippen LogP contribution in [0.5, 0.6) is 0 Å². The quantitative estimate of drug-likeness (QED) is 0.754. The van der Waals surface area contributed by atoms with Crippen molar-refractivity contribution >= 4 is 11.5 Å². The van der Waals surface area contributed by atoms with Gasteiger partial charge in [-0.05, 0) is 31.9 Å². The second-order valence-electron chi connectivity index (χ2n) is 5.05. The van der Waals surface area contributed by atoms with Crippen LogP contribution in [0.2, 0.25) is 0 Å². The summed E-state index contributed by atoms with van der Waals surface area (Å²) < 4.78 is 19.5. The first-order chi connectivity index (χ1) is 8.65. The van der Waals surface area contributed by atoms with Crippen molar-refractivity contribution in [2.24, 2.45) is 0 Å². The van der Waals surface area contributed by atoms with Crippen molar-refractivity contribution in [1.82, 2.24) is 0 Å². The van der Waals surface area contributed by atoms with Crippen molar-refractivity contribution in [3.05, 3.63) is 29.6 Å². The van der Waals surface area contributed by atoms with Crippen molar-refractivity contribution in [2.45, 2.75) is 32.0 Å². The van der Waals surface area contributed by atoms with Crippen LogP contribution < -0.4 is 4.90 Å². The SMILES string of the molecule is CC(=O)c1c(F)cccc1N1CC2CCC(C1)O2. The number of carbonyl (C=O) groups excluding carboxylic acids is 1. The number of carbonyl (C=O) groups is 1. The van der Waals surface area contributed by atoms with Gasteiger partial charge in [-0.25, -0.2) is 4.39 Å². The topological polar surface area (TPSA) is 29.5 Å². The molecule has 2 fully saturated rings. The zero-order valence-electron chi connectivity index (χ0n) is 10.4. The average molecular weight is 249 g/mol. The van der Waals surface area contributed by atoms with E-state index in [1.807, 2.05) is 6.07 Å². The van der Waals surface area contributed by atoms with E-state index in [9.17, 15) is 9.18 Å². The molecule has 1 aromatic carbocycles. The van der Waals surface area contributed by atoms with Crippen molar-refractivity contribution in [1.29, 1.82) is 0 Å². The van der Waals surface area contributed by atoms with Gasteiger partial charge in [0.1, 0.15) is 5.82 Å². The van der Waals surface area contributed by atoms with E-state index in [-0.39, 0.29) is 23.6 Å². The molecular weight excluding hydrogens is 233 g/mol. The highest BCUT2D eigenvalue weighted by Gasteiger charge is 2.35. The molecule has 2 atom stereocenters. The van der Waals surface area contributed by atoms with Gasteiger partial charge in [-0.1, -0.05) is 6.07 Å². The summed E-state index contributed by atoms with van der Waals surface area (Å²) in [6.45, 7) is 2.91. The van der Waals surface area contributed by atoms with Crippen LogP contribution in [0.1, 0.15) is 30.1 Å². The molecule has 0 radical (unpaired) electrons. The molecule has 0 aliphatic carbocycles. The molecule has 3 nitrogen and oxygen atoms in total. The number of anilines is 1. The Bertz CT molecular complexity index is 477. The van der Waals surface area contributed by atoms with Gasteiger partial charge in [-0.15, -0.1) is 0 Å². The fraction of sp³-hybridized carbons (Fsp3) is 0.500. The molecule has 0 N–H and O–H groups in total. The second-order valence-corrected chi connectivity index (χ2v) is 5.05. The van der Waals surface area contributed by atoms with Crippen molar-refractivity contribution < 1.29 is 13.9 Å². The minimum atomic E-state index is -0.432. The lowest BCUT2D eigenvalue weighted by Gasteiger charge is -2.34. The van der Waals surface area contributed by atoms with Gasteiger partial charge in [-0.2, -0.15) is 0 Å². The Labute approximate surface area is 106 Å². The molecule has 2 unspecified atom stereocenters. The smallest absolute Gasteiger partial charge is 0.164 e. The van der Waals surface area contributed by atoms with E-state index in [4.69, 9.17) is 4.74 Å². The number of ketones is 1. The number of halogens is 1. The number of rotatable bonds is 2. The van der Waals surface area contributed by atoms with Crippen LogP contribution in [0.15, 0.2) is 18.2 Å². The average Bonchev–Trinajstić information content (AvgIpc) is 2.67. The largest absolute Gasteiger partial charge is 0.371 e. The van der Waals surface area contributed by atoms with E-state index in [0.29, 0.717) is 5.69 Å². The Morgan fingerprint density at radius 3 is 2.61 bits per heavy atom. The zero-order chi connectivity index (χ0) is 12.7. The molecule has 2 bridgehead atoms. The third-order valence-corrected chi connectivity index (χ3v) is 3.73. The first kappa shape index (κ1) is 11.7. The third kappa shape index (κ3) is 1.90. The molecule has 3 rings (SSSR count). The van der Waals surface area contributed by atoms with Gasteiger partial charge < -0.3 is 9.64 Å². The molecule has 96 valence electrons. The molecule has 18 heavy (non-hydrogen) atoms. The summed E-state index contributed by atoms with van der Waals surface area (Å²) in [5.74, 6) is -0.652. The van der Waals surface area contributed by atoms with Crippen LogP contribution in [0.4, 0.5) is 10.1 Å². The lowest BCUT2D eigenvalue weighted by molar-refractivity contribution is 0.0304. The Morgan fingerprint density at radius 1 is 1.33 bits per heavy atom. The second kappa shape index (κ2) is 4.35. The van der Waals surface area contributed by atoms with Gasteiger partial charge in [0.05, 0.1) is 23.5 Å². The van der Waals surface area contributed by atoms with Crippen LogP contribution in [0, 0.1) is 5.82 Å². The van der Waals surface area contributed by atoms with E-state index in [0.717, 1.165) is 25.9 Å². The summed E-state index contributed by atoms with van der Waals surface area (Å²) in [5.41, 5.74) is 0.918. The van der Waals surface area contributed by atoms with E-state index in [1.54, 1.807) is 6.07 Å². The Balaban J connectivity index is 1.97. The van der Waals surface area contributed by atoms with Gasteiger partial charge in [0.2, 0.25) is 0 Å². The number of morpholine rings is 1. The van der Waals surface area contributed by atoms with Crippen LogP contribution in [-0.2, 0) is 4.74 Å². The summed E-state index contributed by atoms with van der Waals surface area (Å²) >= 11 is 0. The standard InChI is InChI=1S/C14H16FNO2/c1-9(17)14-12(15)3-2-4-13(14)16-7-10-5-6-11(8-16)18-10/h2-4,10-11H,5-8H2,1H3. The maximum absolute atomic E-state index is 13.8. The molecule has 0 spiro atoms. The van der Waals surface area contributed by atoms with Crippen molar-refractivity contribution in [2.75, 3.05) is 18.0 Å². The summed E-state index contributed by atoms with van der Waals surface area (Å²) in [4.78, 5) is 13.7. The highest BCUT2D eigenvalue weighted by atomic mass is 19.1. The number of nitrogens with zero attached hydrogens (tertiary/aromatic N) is 1. The number of Topliss-reactive ketones (excluding diaryl/α,β-unsaturated/α-hetero) is 1. The van der Waals surface area contributed by atoms with Gasteiger partial charge >= 0.3 is 0 Å². The molecule has 0 amide bonds. The Hall–Kier alpha value is -1.42. The fourth-order valence-electron chi connectivity index (χ4n) is 2.94. The van der Waals surface area contributed by atoms with Crippen LogP contribution >= 0.6 is 0 Å². The number of hydrogen-bond donors (Lipinski definition) is 0. The molecule has 2 aliphatic rings. The predicted octanol–water partition coefficient (Wildman–Crippen LogP) is 2.40. The molecular formula is C14H16FNO2. The molecule has 1 aromatic rings. The number of fused-ring (bicyclic) bond motifs is 2. The zero-order valence-corrected chi connectivity index (χ0v) is 10.4. The molecule has 2 aliphatic heterocycles. The molecule has 0 aromatic heterocycles. The lowest BCUT2D eigenvalue weighted by atomic mass is 10.1. The summed E-state index contributed by atoms with van der Waals surface area (Å²) in [6, 6.07) is 4.83. The van der Waals surface area contributed by atoms with Crippen molar-refractivity contribution in [3.8, 4) is 0 Å². The van der Waals surface area contributed by atoms with E-state index in [2.05, 4.69) is 4.90 Å². The Morgan fingerprint density at radius 2 is 2.00 bits per heavy atom. The fourth-order valence-corrected chi connectivity index (χ4v) is 2.94. The van der Waals surface area contributed by atoms with Gasteiger partial charge in [-0.3, -0.25) is 4.79 Å². The maximum atomic E-state index is 13.8. The minimum absolute atomic E-state index is 0.207. The van der Waals surface area contributed by atoms with Crippen molar-refractivity contribution in [3.63, 3.8) is 0 Å².